The van der Waals surface area contributed by atoms with Gasteiger partial charge in [-0.05, 0) is 43.0 Å². The molecule has 2 aliphatic rings. The number of hydrogen-bond acceptors (Lipinski definition) is 3. The Labute approximate surface area is 153 Å². The lowest BCUT2D eigenvalue weighted by molar-refractivity contribution is -0.135. The van der Waals surface area contributed by atoms with Crippen molar-refractivity contribution >= 4 is 21.8 Å². The molecule has 2 atom stereocenters. The van der Waals surface area contributed by atoms with E-state index in [0.717, 1.165) is 48.4 Å². The Balaban J connectivity index is 1.44. The van der Waals surface area contributed by atoms with Gasteiger partial charge >= 0.3 is 0 Å². The molecule has 1 heterocycles. The highest BCUT2D eigenvalue weighted by molar-refractivity contribution is 9.10. The van der Waals surface area contributed by atoms with Crippen molar-refractivity contribution in [1.29, 1.82) is 0 Å². The van der Waals surface area contributed by atoms with Crippen LogP contribution in [-0.2, 0) is 4.79 Å². The maximum atomic E-state index is 12.4. The number of rotatable bonds is 4. The quantitative estimate of drug-likeness (QED) is 0.782. The smallest absolute Gasteiger partial charge is 0.260 e. The molecule has 5 heteroatoms. The van der Waals surface area contributed by atoms with Crippen molar-refractivity contribution in [2.24, 2.45) is 5.92 Å². The summed E-state index contributed by atoms with van der Waals surface area (Å²) < 4.78 is 6.62. The molecule has 1 saturated carbocycles. The molecule has 0 N–H and O–H groups in total. The standard InChI is InChI=1S/C19H27BrN2O2/c1-15-4-2-3-5-18(15)21-10-12-22(13-11-21)19(23)14-24-17-8-6-16(20)7-9-17/h6-9,15,18H,2-5,10-14H2,1H3/t15-,18-/m0/s1. The van der Waals surface area contributed by atoms with Crippen LogP contribution >= 0.6 is 15.9 Å². The number of hydrogen-bond donors (Lipinski definition) is 0. The Morgan fingerprint density at radius 3 is 2.46 bits per heavy atom. The van der Waals surface area contributed by atoms with E-state index in [4.69, 9.17) is 4.74 Å². The third-order valence-corrected chi connectivity index (χ3v) is 5.91. The molecule has 0 aromatic heterocycles. The fourth-order valence-corrected chi connectivity index (χ4v) is 4.17. The number of amides is 1. The van der Waals surface area contributed by atoms with Gasteiger partial charge in [-0.3, -0.25) is 9.69 Å². The molecule has 24 heavy (non-hydrogen) atoms. The minimum absolute atomic E-state index is 0.0919. The van der Waals surface area contributed by atoms with Gasteiger partial charge in [-0.25, -0.2) is 0 Å². The second-order valence-corrected chi connectivity index (χ2v) is 7.90. The first-order valence-corrected chi connectivity index (χ1v) is 9.83. The van der Waals surface area contributed by atoms with Crippen LogP contribution < -0.4 is 4.74 Å². The van der Waals surface area contributed by atoms with E-state index in [1.807, 2.05) is 29.2 Å². The van der Waals surface area contributed by atoms with Gasteiger partial charge in [0.05, 0.1) is 0 Å². The zero-order valence-electron chi connectivity index (χ0n) is 14.4. The van der Waals surface area contributed by atoms with Gasteiger partial charge < -0.3 is 9.64 Å². The normalized spacial score (nSPS) is 25.5. The summed E-state index contributed by atoms with van der Waals surface area (Å²) in [5, 5.41) is 0. The van der Waals surface area contributed by atoms with Gasteiger partial charge in [-0.15, -0.1) is 0 Å². The molecule has 132 valence electrons. The van der Waals surface area contributed by atoms with Crippen molar-refractivity contribution in [3.63, 3.8) is 0 Å². The highest BCUT2D eigenvalue weighted by Crippen LogP contribution is 2.28. The zero-order chi connectivity index (χ0) is 16.9. The van der Waals surface area contributed by atoms with Gasteiger partial charge in [0.15, 0.2) is 6.61 Å². The number of piperazine rings is 1. The van der Waals surface area contributed by atoms with Crippen LogP contribution in [0.5, 0.6) is 5.75 Å². The molecule has 1 aromatic carbocycles. The summed E-state index contributed by atoms with van der Waals surface area (Å²) in [5.74, 6) is 1.62. The first-order chi connectivity index (χ1) is 11.6. The molecular weight excluding hydrogens is 368 g/mol. The van der Waals surface area contributed by atoms with Crippen LogP contribution in [0.15, 0.2) is 28.7 Å². The SMILES string of the molecule is C[C@H]1CCCC[C@@H]1N1CCN(C(=O)COc2ccc(Br)cc2)CC1. The van der Waals surface area contributed by atoms with Crippen LogP contribution in [0.4, 0.5) is 0 Å². The third kappa shape index (κ3) is 4.51. The lowest BCUT2D eigenvalue weighted by Crippen LogP contribution is -2.54. The van der Waals surface area contributed by atoms with Gasteiger partial charge in [0, 0.05) is 36.7 Å². The van der Waals surface area contributed by atoms with Crippen LogP contribution in [0.2, 0.25) is 0 Å². The van der Waals surface area contributed by atoms with Crippen molar-refractivity contribution in [2.45, 2.75) is 38.6 Å². The summed E-state index contributed by atoms with van der Waals surface area (Å²) in [6.45, 7) is 6.16. The van der Waals surface area contributed by atoms with Crippen molar-refractivity contribution in [3.05, 3.63) is 28.7 Å². The van der Waals surface area contributed by atoms with Crippen molar-refractivity contribution in [3.8, 4) is 5.75 Å². The van der Waals surface area contributed by atoms with E-state index in [1.165, 1.54) is 25.7 Å². The van der Waals surface area contributed by atoms with E-state index in [9.17, 15) is 4.79 Å². The molecule has 1 saturated heterocycles. The fourth-order valence-electron chi connectivity index (χ4n) is 3.91. The minimum Gasteiger partial charge on any atom is -0.484 e. The van der Waals surface area contributed by atoms with E-state index in [1.54, 1.807) is 0 Å². The first kappa shape index (κ1) is 17.7. The summed E-state index contributed by atoms with van der Waals surface area (Å²) in [5.41, 5.74) is 0. The van der Waals surface area contributed by atoms with Crippen LogP contribution in [0.1, 0.15) is 32.6 Å². The van der Waals surface area contributed by atoms with E-state index in [2.05, 4.69) is 27.8 Å². The molecule has 1 aliphatic heterocycles. The number of halogens is 1. The highest BCUT2D eigenvalue weighted by Gasteiger charge is 2.30. The van der Waals surface area contributed by atoms with Crippen LogP contribution in [0, 0.1) is 5.92 Å². The highest BCUT2D eigenvalue weighted by atomic mass is 79.9. The van der Waals surface area contributed by atoms with Crippen LogP contribution in [0.25, 0.3) is 0 Å². The van der Waals surface area contributed by atoms with E-state index in [-0.39, 0.29) is 12.5 Å². The second kappa shape index (κ2) is 8.34. The van der Waals surface area contributed by atoms with Gasteiger partial charge in [-0.1, -0.05) is 35.7 Å². The summed E-state index contributed by atoms with van der Waals surface area (Å²) in [4.78, 5) is 16.9. The van der Waals surface area contributed by atoms with E-state index in [0.29, 0.717) is 0 Å². The number of nitrogens with zero attached hydrogens (tertiary/aromatic N) is 2. The summed E-state index contributed by atoms with van der Waals surface area (Å²) in [6.07, 6.45) is 5.41. The molecule has 0 radical (unpaired) electrons. The van der Waals surface area contributed by atoms with Gasteiger partial charge in [-0.2, -0.15) is 0 Å². The molecular formula is C19H27BrN2O2. The Bertz CT molecular complexity index is 541. The Morgan fingerprint density at radius 1 is 1.12 bits per heavy atom. The van der Waals surface area contributed by atoms with E-state index >= 15 is 0 Å². The summed E-state index contributed by atoms with van der Waals surface area (Å²) >= 11 is 3.40. The number of carbonyl (C=O) groups excluding carboxylic acids is 1. The first-order valence-electron chi connectivity index (χ1n) is 9.03. The van der Waals surface area contributed by atoms with E-state index < -0.39 is 0 Å². The van der Waals surface area contributed by atoms with Gasteiger partial charge in [0.1, 0.15) is 5.75 Å². The van der Waals surface area contributed by atoms with Gasteiger partial charge in [0.2, 0.25) is 0 Å². The van der Waals surface area contributed by atoms with Crippen molar-refractivity contribution < 1.29 is 9.53 Å². The fraction of sp³-hybridized carbons (Fsp3) is 0.632. The Hall–Kier alpha value is -1.07. The molecule has 0 unspecified atom stereocenters. The van der Waals surface area contributed by atoms with Crippen molar-refractivity contribution in [1.82, 2.24) is 9.80 Å². The molecule has 3 rings (SSSR count). The zero-order valence-corrected chi connectivity index (χ0v) is 16.0. The lowest BCUT2D eigenvalue weighted by atomic mass is 9.84. The largest absolute Gasteiger partial charge is 0.484 e. The molecule has 0 spiro atoms. The van der Waals surface area contributed by atoms with Crippen LogP contribution in [0.3, 0.4) is 0 Å². The monoisotopic (exact) mass is 394 g/mol. The summed E-state index contributed by atoms with van der Waals surface area (Å²) in [6, 6.07) is 8.31. The summed E-state index contributed by atoms with van der Waals surface area (Å²) in [7, 11) is 0. The Morgan fingerprint density at radius 2 is 1.79 bits per heavy atom. The average Bonchev–Trinajstić information content (AvgIpc) is 2.61. The Kier molecular flexibility index (Phi) is 6.17. The molecule has 1 aliphatic carbocycles. The average molecular weight is 395 g/mol. The molecule has 2 fully saturated rings. The molecule has 0 bridgehead atoms. The predicted molar refractivity (Wildman–Crippen MR) is 99.2 cm³/mol. The second-order valence-electron chi connectivity index (χ2n) is 6.99. The maximum Gasteiger partial charge on any atom is 0.260 e. The number of ether oxygens (including phenoxy) is 1. The maximum absolute atomic E-state index is 12.4. The van der Waals surface area contributed by atoms with Crippen molar-refractivity contribution in [2.75, 3.05) is 32.8 Å². The molecule has 1 amide bonds. The minimum atomic E-state index is 0.0919. The predicted octanol–water partition coefficient (Wildman–Crippen LogP) is 3.55. The topological polar surface area (TPSA) is 32.8 Å². The molecule has 4 nitrogen and oxygen atoms in total. The lowest BCUT2D eigenvalue weighted by Gasteiger charge is -2.43. The number of carbonyl (C=O) groups is 1. The van der Waals surface area contributed by atoms with Crippen LogP contribution in [-0.4, -0.2) is 54.5 Å². The third-order valence-electron chi connectivity index (χ3n) is 5.38. The van der Waals surface area contributed by atoms with Gasteiger partial charge in [0.25, 0.3) is 5.91 Å². The molecule has 1 aromatic rings. The number of benzene rings is 1.